The molecule has 0 atom stereocenters. The predicted octanol–water partition coefficient (Wildman–Crippen LogP) is 4.41. The van der Waals surface area contributed by atoms with E-state index in [-0.39, 0.29) is 0 Å². The Morgan fingerprint density at radius 2 is 1.90 bits per heavy atom. The highest BCUT2D eigenvalue weighted by molar-refractivity contribution is 7.98. The Kier molecular flexibility index (Phi) is 5.91. The SMILES string of the molecule is COc1ccc(-c2nnc(SCc3c(C#N)c(C)nn3-c3ccccc3)o2)c(OC)c1. The average Bonchev–Trinajstić information content (AvgIpc) is 3.41. The fourth-order valence-corrected chi connectivity index (χ4v) is 3.88. The first-order valence-electron chi connectivity index (χ1n) is 9.37. The lowest BCUT2D eigenvalue weighted by Crippen LogP contribution is -2.02. The average molecular weight is 433 g/mol. The van der Waals surface area contributed by atoms with Crippen molar-refractivity contribution in [3.8, 4) is 34.7 Å². The van der Waals surface area contributed by atoms with E-state index in [9.17, 15) is 5.26 Å². The molecule has 2 aromatic heterocycles. The van der Waals surface area contributed by atoms with Gasteiger partial charge in [0.1, 0.15) is 17.6 Å². The number of para-hydroxylation sites is 1. The van der Waals surface area contributed by atoms with Gasteiger partial charge in [0.05, 0.1) is 42.4 Å². The molecule has 0 radical (unpaired) electrons. The molecule has 4 rings (SSSR count). The molecule has 0 aliphatic carbocycles. The lowest BCUT2D eigenvalue weighted by atomic mass is 10.2. The topological polar surface area (TPSA) is 99.0 Å². The van der Waals surface area contributed by atoms with Crippen LogP contribution in [0.2, 0.25) is 0 Å². The molecule has 0 N–H and O–H groups in total. The minimum absolute atomic E-state index is 0.343. The molecule has 0 unspecified atom stereocenters. The van der Waals surface area contributed by atoms with Crippen molar-refractivity contribution in [3.05, 3.63) is 65.5 Å². The molecule has 0 bridgehead atoms. The number of aromatic nitrogens is 4. The third-order valence-corrected chi connectivity index (χ3v) is 5.48. The van der Waals surface area contributed by atoms with Crippen molar-refractivity contribution in [2.75, 3.05) is 14.2 Å². The zero-order valence-corrected chi connectivity index (χ0v) is 18.0. The maximum absolute atomic E-state index is 9.62. The van der Waals surface area contributed by atoms with Crippen LogP contribution >= 0.6 is 11.8 Å². The summed E-state index contributed by atoms with van der Waals surface area (Å²) in [5, 5.41) is 22.8. The Morgan fingerprint density at radius 3 is 2.61 bits per heavy atom. The third-order valence-electron chi connectivity index (χ3n) is 4.65. The van der Waals surface area contributed by atoms with Crippen molar-refractivity contribution >= 4 is 11.8 Å². The molecule has 2 aromatic carbocycles. The number of methoxy groups -OCH3 is 2. The van der Waals surface area contributed by atoms with E-state index in [1.807, 2.05) is 37.3 Å². The van der Waals surface area contributed by atoms with Gasteiger partial charge in [0.15, 0.2) is 0 Å². The fourth-order valence-electron chi connectivity index (χ4n) is 3.12. The molecule has 0 aliphatic rings. The summed E-state index contributed by atoms with van der Waals surface area (Å²) in [6.07, 6.45) is 0. The molecule has 0 fully saturated rings. The quantitative estimate of drug-likeness (QED) is 0.395. The van der Waals surface area contributed by atoms with E-state index in [0.717, 1.165) is 11.4 Å². The van der Waals surface area contributed by atoms with Gasteiger partial charge in [-0.1, -0.05) is 30.0 Å². The number of rotatable bonds is 7. The number of hydrogen-bond donors (Lipinski definition) is 0. The Bertz CT molecular complexity index is 1240. The minimum atomic E-state index is 0.343. The summed E-state index contributed by atoms with van der Waals surface area (Å²) >= 11 is 1.34. The molecule has 2 heterocycles. The molecule has 9 heteroatoms. The first kappa shape index (κ1) is 20.5. The molecular weight excluding hydrogens is 414 g/mol. The summed E-state index contributed by atoms with van der Waals surface area (Å²) in [4.78, 5) is 0. The van der Waals surface area contributed by atoms with E-state index >= 15 is 0 Å². The molecule has 0 saturated heterocycles. The summed E-state index contributed by atoms with van der Waals surface area (Å²) in [5.41, 5.74) is 3.56. The predicted molar refractivity (Wildman–Crippen MR) is 115 cm³/mol. The number of hydrogen-bond acceptors (Lipinski definition) is 8. The maximum atomic E-state index is 9.62. The first-order chi connectivity index (χ1) is 15.1. The smallest absolute Gasteiger partial charge is 0.277 e. The normalized spacial score (nSPS) is 10.6. The zero-order chi connectivity index (χ0) is 21.8. The van der Waals surface area contributed by atoms with Crippen LogP contribution in [0.3, 0.4) is 0 Å². The van der Waals surface area contributed by atoms with Crippen molar-refractivity contribution in [1.29, 1.82) is 5.26 Å². The molecule has 4 aromatic rings. The number of nitrogens with zero attached hydrogens (tertiary/aromatic N) is 5. The van der Waals surface area contributed by atoms with Gasteiger partial charge in [-0.3, -0.25) is 0 Å². The molecule has 156 valence electrons. The summed E-state index contributed by atoms with van der Waals surface area (Å²) in [6.45, 7) is 1.83. The van der Waals surface area contributed by atoms with E-state index in [2.05, 4.69) is 21.4 Å². The van der Waals surface area contributed by atoms with E-state index in [4.69, 9.17) is 13.9 Å². The monoisotopic (exact) mass is 433 g/mol. The number of benzene rings is 2. The van der Waals surface area contributed by atoms with Gasteiger partial charge < -0.3 is 13.9 Å². The lowest BCUT2D eigenvalue weighted by molar-refractivity contribution is 0.393. The molecular formula is C22H19N5O3S. The van der Waals surface area contributed by atoms with E-state index in [1.165, 1.54) is 11.8 Å². The third kappa shape index (κ3) is 4.11. The zero-order valence-electron chi connectivity index (χ0n) is 17.2. The van der Waals surface area contributed by atoms with Crippen LogP contribution in [-0.4, -0.2) is 34.2 Å². The molecule has 8 nitrogen and oxygen atoms in total. The Hall–Kier alpha value is -3.77. The molecule has 0 amide bonds. The first-order valence-corrected chi connectivity index (χ1v) is 10.4. The van der Waals surface area contributed by atoms with Gasteiger partial charge in [-0.05, 0) is 31.2 Å². The van der Waals surface area contributed by atoms with Crippen LogP contribution in [0.5, 0.6) is 11.5 Å². The fraction of sp³-hybridized carbons (Fsp3) is 0.182. The highest BCUT2D eigenvalue weighted by Crippen LogP contribution is 2.34. The van der Waals surface area contributed by atoms with Crippen molar-refractivity contribution < 1.29 is 13.9 Å². The standard InChI is InChI=1S/C22H19N5O3S/c1-14-18(12-23)19(27(26-14)15-7-5-4-6-8-15)13-31-22-25-24-21(30-22)17-10-9-16(28-2)11-20(17)29-3/h4-11H,13H2,1-3H3. The van der Waals surface area contributed by atoms with Crippen molar-refractivity contribution in [3.63, 3.8) is 0 Å². The number of nitriles is 1. The van der Waals surface area contributed by atoms with Crippen LogP contribution in [-0.2, 0) is 5.75 Å². The van der Waals surface area contributed by atoms with Crippen LogP contribution in [0.1, 0.15) is 17.0 Å². The van der Waals surface area contributed by atoms with Gasteiger partial charge in [0.25, 0.3) is 11.1 Å². The van der Waals surface area contributed by atoms with E-state index < -0.39 is 0 Å². The highest BCUT2D eigenvalue weighted by Gasteiger charge is 2.19. The highest BCUT2D eigenvalue weighted by atomic mass is 32.2. The van der Waals surface area contributed by atoms with Gasteiger partial charge in [0.2, 0.25) is 0 Å². The number of aryl methyl sites for hydroxylation is 1. The van der Waals surface area contributed by atoms with Crippen LogP contribution in [0.4, 0.5) is 0 Å². The summed E-state index contributed by atoms with van der Waals surface area (Å²) in [6, 6.07) is 17.3. The summed E-state index contributed by atoms with van der Waals surface area (Å²) in [7, 11) is 3.16. The number of thioether (sulfide) groups is 1. The van der Waals surface area contributed by atoms with E-state index in [1.54, 1.807) is 37.1 Å². The lowest BCUT2D eigenvalue weighted by Gasteiger charge is -2.07. The van der Waals surface area contributed by atoms with E-state index in [0.29, 0.717) is 45.2 Å². The van der Waals surface area contributed by atoms with Crippen LogP contribution in [0.25, 0.3) is 17.1 Å². The molecule has 0 spiro atoms. The van der Waals surface area contributed by atoms with Crippen molar-refractivity contribution in [1.82, 2.24) is 20.0 Å². The van der Waals surface area contributed by atoms with Gasteiger partial charge in [-0.15, -0.1) is 10.2 Å². The summed E-state index contributed by atoms with van der Waals surface area (Å²) in [5.74, 6) is 2.03. The maximum Gasteiger partial charge on any atom is 0.277 e. The molecule has 0 aliphatic heterocycles. The molecule has 31 heavy (non-hydrogen) atoms. The van der Waals surface area contributed by atoms with Gasteiger partial charge in [-0.25, -0.2) is 4.68 Å². The van der Waals surface area contributed by atoms with Gasteiger partial charge >= 0.3 is 0 Å². The molecule has 0 saturated carbocycles. The van der Waals surface area contributed by atoms with Gasteiger partial charge in [0, 0.05) is 11.8 Å². The summed E-state index contributed by atoms with van der Waals surface area (Å²) < 4.78 is 18.3. The Balaban J connectivity index is 1.60. The van der Waals surface area contributed by atoms with Crippen molar-refractivity contribution in [2.24, 2.45) is 0 Å². The van der Waals surface area contributed by atoms with Crippen LogP contribution < -0.4 is 9.47 Å². The Morgan fingerprint density at radius 1 is 1.10 bits per heavy atom. The minimum Gasteiger partial charge on any atom is -0.497 e. The van der Waals surface area contributed by atoms with Crippen LogP contribution in [0, 0.1) is 18.3 Å². The van der Waals surface area contributed by atoms with Crippen molar-refractivity contribution in [2.45, 2.75) is 17.9 Å². The second-order valence-corrected chi connectivity index (χ2v) is 7.42. The second kappa shape index (κ2) is 8.93. The number of ether oxygens (including phenoxy) is 2. The van der Waals surface area contributed by atoms with Gasteiger partial charge in [-0.2, -0.15) is 10.4 Å². The Labute approximate surface area is 183 Å². The second-order valence-electron chi connectivity index (χ2n) is 6.49. The van der Waals surface area contributed by atoms with Crippen LogP contribution in [0.15, 0.2) is 58.2 Å². The largest absolute Gasteiger partial charge is 0.497 e.